The maximum atomic E-state index is 12.5. The molecule has 1 amide bonds. The third kappa shape index (κ3) is 2.32. The number of carboxylic acid groups (broad SMARTS) is 1. The van der Waals surface area contributed by atoms with Gasteiger partial charge in [0, 0.05) is 10.7 Å². The number of nitrogens with one attached hydrogen (secondary N) is 1. The average Bonchev–Trinajstić information content (AvgIpc) is 2.91. The number of hydrogen-bond donors (Lipinski definition) is 2. The number of anilines is 1. The zero-order valence-corrected chi connectivity index (χ0v) is 12.0. The monoisotopic (exact) mass is 307 g/mol. The van der Waals surface area contributed by atoms with Crippen molar-refractivity contribution in [3.8, 4) is 0 Å². The van der Waals surface area contributed by atoms with E-state index in [1.54, 1.807) is 43.3 Å². The van der Waals surface area contributed by atoms with Crippen LogP contribution in [-0.4, -0.2) is 28.7 Å². The number of amides is 1. The van der Waals surface area contributed by atoms with Crippen LogP contribution < -0.4 is 5.32 Å². The molecule has 0 saturated carbocycles. The smallest absolute Gasteiger partial charge is 0.310 e. The lowest BCUT2D eigenvalue weighted by Crippen LogP contribution is -2.44. The van der Waals surface area contributed by atoms with E-state index in [2.05, 4.69) is 5.32 Å². The van der Waals surface area contributed by atoms with Crippen LogP contribution in [0.4, 0.5) is 5.69 Å². The minimum Gasteiger partial charge on any atom is -0.481 e. The highest BCUT2D eigenvalue weighted by atomic mass is 35.5. The molecule has 2 bridgehead atoms. The Hall–Kier alpha value is -1.85. The normalized spacial score (nSPS) is 33.1. The molecule has 3 rings (SSSR count). The molecule has 110 valence electrons. The number of aliphatic carboxylic acids is 1. The molecule has 5 nitrogen and oxygen atoms in total. The average molecular weight is 308 g/mol. The summed E-state index contributed by atoms with van der Waals surface area (Å²) in [5.74, 6) is -3.05. The predicted octanol–water partition coefficient (Wildman–Crippen LogP) is 2.32. The van der Waals surface area contributed by atoms with Gasteiger partial charge in [0.25, 0.3) is 0 Å². The molecule has 0 spiro atoms. The van der Waals surface area contributed by atoms with Gasteiger partial charge in [-0.15, -0.1) is 0 Å². The van der Waals surface area contributed by atoms with Crippen LogP contribution >= 0.6 is 11.6 Å². The molecule has 1 saturated heterocycles. The van der Waals surface area contributed by atoms with Crippen LogP contribution in [0.5, 0.6) is 0 Å². The van der Waals surface area contributed by atoms with Gasteiger partial charge in [-0.1, -0.05) is 29.8 Å². The fourth-order valence-electron chi connectivity index (χ4n) is 3.07. The van der Waals surface area contributed by atoms with Crippen molar-refractivity contribution >= 4 is 29.2 Å². The molecule has 1 fully saturated rings. The summed E-state index contributed by atoms with van der Waals surface area (Å²) in [6.45, 7) is 1.73. The van der Waals surface area contributed by atoms with E-state index in [1.807, 2.05) is 0 Å². The van der Waals surface area contributed by atoms with Crippen LogP contribution in [0.1, 0.15) is 6.92 Å². The maximum absolute atomic E-state index is 12.5. The first-order valence-electron chi connectivity index (χ1n) is 6.57. The largest absolute Gasteiger partial charge is 0.481 e. The van der Waals surface area contributed by atoms with Crippen LogP contribution in [0.3, 0.4) is 0 Å². The number of fused-ring (bicyclic) bond motifs is 2. The van der Waals surface area contributed by atoms with Crippen molar-refractivity contribution in [1.82, 2.24) is 0 Å². The third-order valence-electron chi connectivity index (χ3n) is 4.00. The van der Waals surface area contributed by atoms with E-state index in [4.69, 9.17) is 16.3 Å². The zero-order chi connectivity index (χ0) is 15.2. The van der Waals surface area contributed by atoms with E-state index in [1.165, 1.54) is 0 Å². The van der Waals surface area contributed by atoms with Gasteiger partial charge in [-0.25, -0.2) is 0 Å². The molecular formula is C15H14ClNO4. The van der Waals surface area contributed by atoms with Crippen LogP contribution in [0.2, 0.25) is 5.02 Å². The summed E-state index contributed by atoms with van der Waals surface area (Å²) < 4.78 is 5.65. The molecule has 0 aliphatic carbocycles. The molecule has 2 aliphatic rings. The standard InChI is InChI=1S/C15H14ClNO4/c1-15-6-5-10(21-15)11(14(19)20)12(15)13(18)17-9-4-2-3-8(16)7-9/h2-7,10-12H,1H3,(H,17,18)(H,19,20)/t10-,11+,12+,15+/m1/s1. The van der Waals surface area contributed by atoms with Crippen LogP contribution in [0.25, 0.3) is 0 Å². The summed E-state index contributed by atoms with van der Waals surface area (Å²) in [5, 5.41) is 12.6. The van der Waals surface area contributed by atoms with Crippen LogP contribution in [0, 0.1) is 11.8 Å². The molecule has 0 radical (unpaired) electrons. The molecule has 21 heavy (non-hydrogen) atoms. The van der Waals surface area contributed by atoms with Crippen LogP contribution in [-0.2, 0) is 14.3 Å². The van der Waals surface area contributed by atoms with E-state index < -0.39 is 29.5 Å². The Morgan fingerprint density at radius 2 is 2.19 bits per heavy atom. The van der Waals surface area contributed by atoms with Crippen molar-refractivity contribution in [2.75, 3.05) is 5.32 Å². The Morgan fingerprint density at radius 3 is 2.86 bits per heavy atom. The predicted molar refractivity (Wildman–Crippen MR) is 77.1 cm³/mol. The highest BCUT2D eigenvalue weighted by Gasteiger charge is 2.59. The number of carbonyl (C=O) groups excluding carboxylic acids is 1. The minimum absolute atomic E-state index is 0.376. The fraction of sp³-hybridized carbons (Fsp3) is 0.333. The summed E-state index contributed by atoms with van der Waals surface area (Å²) in [5.41, 5.74) is -0.344. The number of benzene rings is 1. The molecule has 6 heteroatoms. The summed E-state index contributed by atoms with van der Waals surface area (Å²) >= 11 is 5.88. The molecule has 2 aliphatic heterocycles. The molecule has 2 N–H and O–H groups in total. The summed E-state index contributed by atoms with van der Waals surface area (Å²) in [4.78, 5) is 23.9. The van der Waals surface area contributed by atoms with Crippen molar-refractivity contribution in [3.63, 3.8) is 0 Å². The van der Waals surface area contributed by atoms with Gasteiger partial charge in [-0.05, 0) is 25.1 Å². The SMILES string of the molecule is C[C@@]12C=C[C@@H](O1)[C@H](C(=O)O)[C@H]2C(=O)Nc1cccc(Cl)c1. The van der Waals surface area contributed by atoms with Crippen molar-refractivity contribution < 1.29 is 19.4 Å². The van der Waals surface area contributed by atoms with Gasteiger partial charge in [0.1, 0.15) is 5.92 Å². The number of ether oxygens (including phenoxy) is 1. The number of carboxylic acids is 1. The first kappa shape index (κ1) is 14.1. The quantitative estimate of drug-likeness (QED) is 0.840. The second-order valence-electron chi connectivity index (χ2n) is 5.47. The first-order valence-corrected chi connectivity index (χ1v) is 6.95. The lowest BCUT2D eigenvalue weighted by molar-refractivity contribution is -0.146. The topological polar surface area (TPSA) is 75.6 Å². The van der Waals surface area contributed by atoms with Gasteiger partial charge in [0.15, 0.2) is 0 Å². The second kappa shape index (κ2) is 4.86. The van der Waals surface area contributed by atoms with Gasteiger partial charge in [-0.2, -0.15) is 0 Å². The summed E-state index contributed by atoms with van der Waals surface area (Å²) in [6.07, 6.45) is 2.92. The zero-order valence-electron chi connectivity index (χ0n) is 11.2. The van der Waals surface area contributed by atoms with Gasteiger partial charge in [-0.3, -0.25) is 9.59 Å². The van der Waals surface area contributed by atoms with E-state index in [0.717, 1.165) is 0 Å². The Kier molecular flexibility index (Phi) is 3.26. The van der Waals surface area contributed by atoms with Crippen molar-refractivity contribution in [1.29, 1.82) is 0 Å². The number of carbonyl (C=O) groups is 2. The lowest BCUT2D eigenvalue weighted by atomic mass is 9.75. The maximum Gasteiger partial charge on any atom is 0.310 e. The Morgan fingerprint density at radius 1 is 1.43 bits per heavy atom. The van der Waals surface area contributed by atoms with Gasteiger partial charge in [0.05, 0.1) is 17.6 Å². The molecular weight excluding hydrogens is 294 g/mol. The third-order valence-corrected chi connectivity index (χ3v) is 4.23. The van der Waals surface area contributed by atoms with Crippen molar-refractivity contribution in [2.45, 2.75) is 18.6 Å². The van der Waals surface area contributed by atoms with Crippen molar-refractivity contribution in [2.24, 2.45) is 11.8 Å². The van der Waals surface area contributed by atoms with E-state index in [9.17, 15) is 14.7 Å². The summed E-state index contributed by atoms with van der Waals surface area (Å²) in [7, 11) is 0. The molecule has 4 atom stereocenters. The Labute approximate surface area is 126 Å². The molecule has 2 heterocycles. The molecule has 0 aromatic heterocycles. The highest BCUT2D eigenvalue weighted by molar-refractivity contribution is 6.30. The number of halogens is 1. The highest BCUT2D eigenvalue weighted by Crippen LogP contribution is 2.47. The Balaban J connectivity index is 1.86. The Bertz CT molecular complexity index is 644. The van der Waals surface area contributed by atoms with E-state index in [-0.39, 0.29) is 5.91 Å². The molecule has 1 aromatic rings. The minimum atomic E-state index is -1.03. The van der Waals surface area contributed by atoms with E-state index >= 15 is 0 Å². The number of rotatable bonds is 3. The number of hydrogen-bond acceptors (Lipinski definition) is 3. The molecule has 1 aromatic carbocycles. The van der Waals surface area contributed by atoms with Gasteiger partial charge in [0.2, 0.25) is 5.91 Å². The first-order chi connectivity index (χ1) is 9.90. The fourth-order valence-corrected chi connectivity index (χ4v) is 3.26. The summed E-state index contributed by atoms with van der Waals surface area (Å²) in [6, 6.07) is 6.72. The second-order valence-corrected chi connectivity index (χ2v) is 5.90. The molecule has 0 unspecified atom stereocenters. The van der Waals surface area contributed by atoms with Gasteiger partial charge >= 0.3 is 5.97 Å². The van der Waals surface area contributed by atoms with Crippen LogP contribution in [0.15, 0.2) is 36.4 Å². The van der Waals surface area contributed by atoms with Crippen molar-refractivity contribution in [3.05, 3.63) is 41.4 Å². The lowest BCUT2D eigenvalue weighted by Gasteiger charge is -2.27. The van der Waals surface area contributed by atoms with E-state index in [0.29, 0.717) is 10.7 Å². The van der Waals surface area contributed by atoms with Gasteiger partial charge < -0.3 is 15.2 Å².